The molecule has 1 aliphatic rings. The van der Waals surface area contributed by atoms with Crippen LogP contribution in [0.4, 0.5) is 0 Å². The summed E-state index contributed by atoms with van der Waals surface area (Å²) in [6.45, 7) is 2.30. The standard InChI is InChI=1S/C13H25/c1-2-3-7-10-13-11-8-5-4-6-9-12-13/h5,13H,2-4,6-12H2,1H3. The van der Waals surface area contributed by atoms with Crippen LogP contribution in [0, 0.1) is 12.3 Å². The van der Waals surface area contributed by atoms with E-state index in [4.69, 9.17) is 0 Å². The molecule has 0 aromatic rings. The zero-order chi connectivity index (χ0) is 9.36. The molecule has 77 valence electrons. The van der Waals surface area contributed by atoms with Gasteiger partial charge in [-0.2, -0.15) is 0 Å². The molecule has 0 spiro atoms. The van der Waals surface area contributed by atoms with Gasteiger partial charge in [0.25, 0.3) is 0 Å². The first kappa shape index (κ1) is 11.1. The van der Waals surface area contributed by atoms with E-state index in [9.17, 15) is 0 Å². The number of hydrogen-bond donors (Lipinski definition) is 0. The van der Waals surface area contributed by atoms with Gasteiger partial charge in [0, 0.05) is 0 Å². The van der Waals surface area contributed by atoms with Crippen molar-refractivity contribution < 1.29 is 0 Å². The third kappa shape index (κ3) is 5.33. The average molecular weight is 181 g/mol. The Morgan fingerprint density at radius 3 is 2.85 bits per heavy atom. The van der Waals surface area contributed by atoms with Crippen LogP contribution in [0.2, 0.25) is 0 Å². The minimum absolute atomic E-state index is 1.06. The van der Waals surface area contributed by atoms with Crippen LogP contribution in [0.3, 0.4) is 0 Å². The summed E-state index contributed by atoms with van der Waals surface area (Å²) in [7, 11) is 0. The third-order valence-electron chi connectivity index (χ3n) is 3.27. The van der Waals surface area contributed by atoms with Crippen LogP contribution >= 0.6 is 0 Å². The first-order valence-corrected chi connectivity index (χ1v) is 6.25. The van der Waals surface area contributed by atoms with Crippen LogP contribution in [0.1, 0.15) is 71.1 Å². The molecule has 1 atom stereocenters. The van der Waals surface area contributed by atoms with E-state index in [1.807, 2.05) is 0 Å². The molecule has 0 saturated heterocycles. The van der Waals surface area contributed by atoms with Crippen LogP contribution in [-0.2, 0) is 0 Å². The maximum Gasteiger partial charge on any atom is -0.0386 e. The molecule has 0 bridgehead atoms. The summed E-state index contributed by atoms with van der Waals surface area (Å²) >= 11 is 0. The SMILES string of the molecule is CCCCCC1CC[CH]CCCC1. The lowest BCUT2D eigenvalue weighted by molar-refractivity contribution is 0.370. The van der Waals surface area contributed by atoms with E-state index < -0.39 is 0 Å². The summed E-state index contributed by atoms with van der Waals surface area (Å²) in [4.78, 5) is 0. The van der Waals surface area contributed by atoms with Gasteiger partial charge in [0.2, 0.25) is 0 Å². The molecular formula is C13H25. The molecule has 0 N–H and O–H groups in total. The zero-order valence-electron chi connectivity index (χ0n) is 9.23. The minimum Gasteiger partial charge on any atom is -0.0654 e. The first-order chi connectivity index (χ1) is 6.43. The zero-order valence-corrected chi connectivity index (χ0v) is 9.23. The summed E-state index contributed by atoms with van der Waals surface area (Å²) in [5.41, 5.74) is 0. The van der Waals surface area contributed by atoms with E-state index in [0.29, 0.717) is 0 Å². The molecule has 1 aliphatic carbocycles. The molecule has 1 rings (SSSR count). The lowest BCUT2D eigenvalue weighted by atomic mass is 9.87. The Kier molecular flexibility index (Phi) is 6.31. The summed E-state index contributed by atoms with van der Waals surface area (Å²) in [6, 6.07) is 0. The van der Waals surface area contributed by atoms with Gasteiger partial charge in [0.05, 0.1) is 0 Å². The molecule has 0 aromatic carbocycles. The second kappa shape index (κ2) is 7.41. The molecule has 1 unspecified atom stereocenters. The fourth-order valence-corrected chi connectivity index (χ4v) is 2.34. The van der Waals surface area contributed by atoms with Gasteiger partial charge in [0.1, 0.15) is 0 Å². The molecule has 0 amide bonds. The van der Waals surface area contributed by atoms with Crippen LogP contribution < -0.4 is 0 Å². The van der Waals surface area contributed by atoms with Gasteiger partial charge in [-0.05, 0) is 18.8 Å². The first-order valence-electron chi connectivity index (χ1n) is 6.25. The second-order valence-electron chi connectivity index (χ2n) is 4.51. The maximum atomic E-state index is 2.51. The predicted molar refractivity (Wildman–Crippen MR) is 59.6 cm³/mol. The Labute approximate surface area is 84.1 Å². The van der Waals surface area contributed by atoms with Crippen molar-refractivity contribution in [1.82, 2.24) is 0 Å². The molecule has 1 fully saturated rings. The van der Waals surface area contributed by atoms with E-state index in [1.54, 1.807) is 0 Å². The van der Waals surface area contributed by atoms with Crippen molar-refractivity contribution in [2.75, 3.05) is 0 Å². The highest BCUT2D eigenvalue weighted by molar-refractivity contribution is 4.72. The molecule has 1 radical (unpaired) electrons. The Balaban J connectivity index is 2.06. The van der Waals surface area contributed by atoms with Crippen molar-refractivity contribution in [3.05, 3.63) is 6.42 Å². The largest absolute Gasteiger partial charge is 0.0654 e. The van der Waals surface area contributed by atoms with Crippen molar-refractivity contribution in [1.29, 1.82) is 0 Å². The highest BCUT2D eigenvalue weighted by Crippen LogP contribution is 2.25. The summed E-state index contributed by atoms with van der Waals surface area (Å²) in [5, 5.41) is 0. The van der Waals surface area contributed by atoms with E-state index >= 15 is 0 Å². The number of hydrogen-bond acceptors (Lipinski definition) is 0. The van der Waals surface area contributed by atoms with Gasteiger partial charge in [-0.1, -0.05) is 64.7 Å². The fraction of sp³-hybridized carbons (Fsp3) is 0.923. The summed E-state index contributed by atoms with van der Waals surface area (Å²) in [5.74, 6) is 1.06. The predicted octanol–water partition coefficient (Wildman–Crippen LogP) is 4.74. The second-order valence-corrected chi connectivity index (χ2v) is 4.51. The minimum atomic E-state index is 1.06. The summed E-state index contributed by atoms with van der Waals surface area (Å²) < 4.78 is 0. The Bertz CT molecular complexity index is 98.6. The third-order valence-corrected chi connectivity index (χ3v) is 3.27. The van der Waals surface area contributed by atoms with Crippen LogP contribution in [0.15, 0.2) is 0 Å². The average Bonchev–Trinajstić information content (AvgIpc) is 2.08. The lowest BCUT2D eigenvalue weighted by Gasteiger charge is -2.19. The van der Waals surface area contributed by atoms with Crippen molar-refractivity contribution in [3.63, 3.8) is 0 Å². The van der Waals surface area contributed by atoms with Gasteiger partial charge in [-0.15, -0.1) is 0 Å². The van der Waals surface area contributed by atoms with Crippen molar-refractivity contribution in [3.8, 4) is 0 Å². The fourth-order valence-electron chi connectivity index (χ4n) is 2.34. The van der Waals surface area contributed by atoms with Crippen molar-refractivity contribution >= 4 is 0 Å². The maximum absolute atomic E-state index is 2.51. The van der Waals surface area contributed by atoms with E-state index in [-0.39, 0.29) is 0 Å². The van der Waals surface area contributed by atoms with E-state index in [1.165, 1.54) is 64.2 Å². The molecule has 1 saturated carbocycles. The van der Waals surface area contributed by atoms with Crippen LogP contribution in [0.5, 0.6) is 0 Å². The molecule has 0 nitrogen and oxygen atoms in total. The van der Waals surface area contributed by atoms with E-state index in [2.05, 4.69) is 13.3 Å². The Morgan fingerprint density at radius 2 is 2.00 bits per heavy atom. The van der Waals surface area contributed by atoms with Gasteiger partial charge in [-0.25, -0.2) is 0 Å². The molecule has 0 heterocycles. The molecule has 0 aromatic heterocycles. The molecule has 0 heteroatoms. The quantitative estimate of drug-likeness (QED) is 0.549. The van der Waals surface area contributed by atoms with Crippen LogP contribution in [-0.4, -0.2) is 0 Å². The van der Waals surface area contributed by atoms with Gasteiger partial charge < -0.3 is 0 Å². The monoisotopic (exact) mass is 181 g/mol. The molecule has 0 aliphatic heterocycles. The topological polar surface area (TPSA) is 0 Å². The number of unbranched alkanes of at least 4 members (excludes halogenated alkanes) is 2. The van der Waals surface area contributed by atoms with Gasteiger partial charge >= 0.3 is 0 Å². The van der Waals surface area contributed by atoms with Crippen LogP contribution in [0.25, 0.3) is 0 Å². The highest BCUT2D eigenvalue weighted by atomic mass is 14.2. The number of rotatable bonds is 4. The smallest absolute Gasteiger partial charge is 0.0386 e. The lowest BCUT2D eigenvalue weighted by Crippen LogP contribution is -2.03. The van der Waals surface area contributed by atoms with Gasteiger partial charge in [-0.3, -0.25) is 0 Å². The normalized spacial score (nSPS) is 21.0. The summed E-state index contributed by atoms with van der Waals surface area (Å²) in [6.07, 6.45) is 17.0. The van der Waals surface area contributed by atoms with E-state index in [0.717, 1.165) is 5.92 Å². The molecule has 13 heavy (non-hydrogen) atoms. The van der Waals surface area contributed by atoms with Crippen molar-refractivity contribution in [2.45, 2.75) is 71.1 Å². The molecular weight excluding hydrogens is 156 g/mol. The van der Waals surface area contributed by atoms with Gasteiger partial charge in [0.15, 0.2) is 0 Å². The Hall–Kier alpha value is 0. The Morgan fingerprint density at radius 1 is 1.08 bits per heavy atom. The highest BCUT2D eigenvalue weighted by Gasteiger charge is 2.10. The van der Waals surface area contributed by atoms with Crippen molar-refractivity contribution in [2.24, 2.45) is 5.92 Å².